The van der Waals surface area contributed by atoms with Crippen LogP contribution in [0, 0.1) is 6.92 Å². The van der Waals surface area contributed by atoms with E-state index in [9.17, 15) is 0 Å². The van der Waals surface area contributed by atoms with E-state index in [1.807, 2.05) is 19.2 Å². The van der Waals surface area contributed by atoms with Gasteiger partial charge in [-0.2, -0.15) is 0 Å². The molecule has 90 valence electrons. The third-order valence-corrected chi connectivity index (χ3v) is 3.83. The summed E-state index contributed by atoms with van der Waals surface area (Å²) in [5.74, 6) is 1.65. The van der Waals surface area contributed by atoms with Crippen LogP contribution in [0.25, 0.3) is 5.65 Å². The number of pyridine rings is 1. The van der Waals surface area contributed by atoms with Crippen LogP contribution in [-0.4, -0.2) is 14.6 Å². The third kappa shape index (κ3) is 1.68. The van der Waals surface area contributed by atoms with E-state index in [-0.39, 0.29) is 0 Å². The molecule has 0 unspecified atom stereocenters. The Bertz CT molecular complexity index is 538. The summed E-state index contributed by atoms with van der Waals surface area (Å²) in [5, 5.41) is 8.60. The second kappa shape index (κ2) is 4.02. The van der Waals surface area contributed by atoms with Gasteiger partial charge in [-0.1, -0.05) is 19.3 Å². The van der Waals surface area contributed by atoms with Gasteiger partial charge in [0.2, 0.25) is 0 Å². The lowest BCUT2D eigenvalue weighted by molar-refractivity contribution is 0.426. The van der Waals surface area contributed by atoms with Crippen LogP contribution in [0.1, 0.15) is 49.4 Å². The summed E-state index contributed by atoms with van der Waals surface area (Å²) >= 11 is 0. The number of fused-ring (bicyclic) bond motifs is 1. The minimum Gasteiger partial charge on any atom is -0.395 e. The van der Waals surface area contributed by atoms with Crippen LogP contribution >= 0.6 is 0 Å². The minimum atomic E-state index is 0.556. The van der Waals surface area contributed by atoms with Crippen molar-refractivity contribution in [3.05, 3.63) is 23.7 Å². The summed E-state index contributed by atoms with van der Waals surface area (Å²) in [6, 6.07) is 2.04. The number of hydrogen-bond donors (Lipinski definition) is 1. The number of hydrogen-bond acceptors (Lipinski definition) is 3. The van der Waals surface area contributed by atoms with Crippen molar-refractivity contribution in [2.45, 2.75) is 44.9 Å². The number of aryl methyl sites for hydroxylation is 1. The Labute approximate surface area is 101 Å². The molecule has 1 saturated carbocycles. The normalized spacial score (nSPS) is 17.7. The van der Waals surface area contributed by atoms with Crippen molar-refractivity contribution in [2.24, 2.45) is 0 Å². The maximum atomic E-state index is 6.04. The van der Waals surface area contributed by atoms with E-state index < -0.39 is 0 Å². The van der Waals surface area contributed by atoms with Gasteiger partial charge in [0, 0.05) is 12.1 Å². The van der Waals surface area contributed by atoms with Gasteiger partial charge in [0.1, 0.15) is 5.82 Å². The molecule has 3 rings (SSSR count). The van der Waals surface area contributed by atoms with Crippen molar-refractivity contribution >= 4 is 11.3 Å². The van der Waals surface area contributed by atoms with E-state index in [1.54, 1.807) is 0 Å². The standard InChI is InChI=1S/C13H18N4/c1-9-7-8-17-12(10-5-3-2-4-6-10)15-16-13(17)11(9)14/h7-8,10H,2-6,14H2,1H3. The van der Waals surface area contributed by atoms with Crippen molar-refractivity contribution in [2.75, 3.05) is 5.73 Å². The molecule has 0 spiro atoms. The molecule has 0 aromatic carbocycles. The zero-order valence-corrected chi connectivity index (χ0v) is 10.2. The Kier molecular flexibility index (Phi) is 2.50. The molecule has 0 atom stereocenters. The van der Waals surface area contributed by atoms with Gasteiger partial charge in [0.15, 0.2) is 5.65 Å². The van der Waals surface area contributed by atoms with Crippen molar-refractivity contribution in [3.8, 4) is 0 Å². The highest BCUT2D eigenvalue weighted by Crippen LogP contribution is 2.32. The summed E-state index contributed by atoms with van der Waals surface area (Å²) in [7, 11) is 0. The van der Waals surface area contributed by atoms with E-state index in [4.69, 9.17) is 5.73 Å². The Morgan fingerprint density at radius 1 is 1.24 bits per heavy atom. The molecule has 17 heavy (non-hydrogen) atoms. The van der Waals surface area contributed by atoms with E-state index >= 15 is 0 Å². The monoisotopic (exact) mass is 230 g/mol. The Hall–Kier alpha value is -1.58. The molecule has 2 aromatic rings. The number of nitrogens with zero attached hydrogens (tertiary/aromatic N) is 3. The molecule has 0 amide bonds. The summed E-state index contributed by atoms with van der Waals surface area (Å²) in [4.78, 5) is 0. The highest BCUT2D eigenvalue weighted by molar-refractivity contribution is 5.68. The lowest BCUT2D eigenvalue weighted by atomic mass is 9.89. The number of nitrogens with two attached hydrogens (primary N) is 1. The Balaban J connectivity index is 2.08. The molecule has 4 nitrogen and oxygen atoms in total. The van der Waals surface area contributed by atoms with Crippen molar-refractivity contribution in [1.29, 1.82) is 0 Å². The van der Waals surface area contributed by atoms with Gasteiger partial charge in [-0.05, 0) is 31.4 Å². The summed E-state index contributed by atoms with van der Waals surface area (Å²) in [6.07, 6.45) is 8.48. The summed E-state index contributed by atoms with van der Waals surface area (Å²) in [5.41, 5.74) is 8.67. The van der Waals surface area contributed by atoms with Crippen molar-refractivity contribution in [1.82, 2.24) is 14.6 Å². The van der Waals surface area contributed by atoms with Crippen LogP contribution < -0.4 is 5.73 Å². The highest BCUT2D eigenvalue weighted by Gasteiger charge is 2.21. The van der Waals surface area contributed by atoms with Crippen LogP contribution in [0.4, 0.5) is 5.69 Å². The van der Waals surface area contributed by atoms with Crippen molar-refractivity contribution < 1.29 is 0 Å². The molecule has 4 heteroatoms. The van der Waals surface area contributed by atoms with E-state index in [2.05, 4.69) is 14.6 Å². The molecule has 2 N–H and O–H groups in total. The SMILES string of the molecule is Cc1ccn2c(C3CCCCC3)nnc2c1N. The fourth-order valence-corrected chi connectivity index (χ4v) is 2.73. The third-order valence-electron chi connectivity index (χ3n) is 3.83. The van der Waals surface area contributed by atoms with Crippen LogP contribution in [0.2, 0.25) is 0 Å². The number of anilines is 1. The average molecular weight is 230 g/mol. The van der Waals surface area contributed by atoms with E-state index in [0.717, 1.165) is 22.7 Å². The summed E-state index contributed by atoms with van der Waals surface area (Å²) < 4.78 is 2.07. The van der Waals surface area contributed by atoms with Crippen LogP contribution in [-0.2, 0) is 0 Å². The first-order chi connectivity index (χ1) is 8.27. The predicted octanol–water partition coefficient (Wildman–Crippen LogP) is 2.67. The van der Waals surface area contributed by atoms with Gasteiger partial charge in [-0.15, -0.1) is 10.2 Å². The molecule has 1 fully saturated rings. The molecule has 0 aliphatic heterocycles. The molecular weight excluding hydrogens is 212 g/mol. The van der Waals surface area contributed by atoms with E-state index in [1.165, 1.54) is 32.1 Å². The fourth-order valence-electron chi connectivity index (χ4n) is 2.73. The first-order valence-electron chi connectivity index (χ1n) is 6.37. The second-order valence-electron chi connectivity index (χ2n) is 5.00. The van der Waals surface area contributed by atoms with Gasteiger partial charge in [0.25, 0.3) is 0 Å². The Morgan fingerprint density at radius 3 is 2.76 bits per heavy atom. The quantitative estimate of drug-likeness (QED) is 0.819. The lowest BCUT2D eigenvalue weighted by Crippen LogP contribution is -2.09. The summed E-state index contributed by atoms with van der Waals surface area (Å²) in [6.45, 7) is 2.00. The highest BCUT2D eigenvalue weighted by atomic mass is 15.3. The van der Waals surface area contributed by atoms with Gasteiger partial charge in [-0.25, -0.2) is 0 Å². The molecule has 1 aliphatic carbocycles. The first-order valence-corrected chi connectivity index (χ1v) is 6.37. The molecule has 0 saturated heterocycles. The topological polar surface area (TPSA) is 56.2 Å². The van der Waals surface area contributed by atoms with Crippen LogP contribution in [0.3, 0.4) is 0 Å². The predicted molar refractivity (Wildman–Crippen MR) is 68.0 cm³/mol. The van der Waals surface area contributed by atoms with Crippen LogP contribution in [0.15, 0.2) is 12.3 Å². The fraction of sp³-hybridized carbons (Fsp3) is 0.538. The zero-order valence-electron chi connectivity index (χ0n) is 10.2. The molecule has 1 aliphatic rings. The van der Waals surface area contributed by atoms with Crippen molar-refractivity contribution in [3.63, 3.8) is 0 Å². The van der Waals surface area contributed by atoms with Crippen LogP contribution in [0.5, 0.6) is 0 Å². The molecule has 0 radical (unpaired) electrons. The molecular formula is C13H18N4. The van der Waals surface area contributed by atoms with Gasteiger partial charge < -0.3 is 5.73 Å². The van der Waals surface area contributed by atoms with E-state index in [0.29, 0.717) is 5.92 Å². The molecule has 0 bridgehead atoms. The zero-order chi connectivity index (χ0) is 11.8. The van der Waals surface area contributed by atoms with Gasteiger partial charge in [-0.3, -0.25) is 4.40 Å². The number of rotatable bonds is 1. The number of aromatic nitrogens is 3. The first kappa shape index (κ1) is 10.6. The second-order valence-corrected chi connectivity index (χ2v) is 5.00. The maximum Gasteiger partial charge on any atom is 0.184 e. The average Bonchev–Trinajstić information content (AvgIpc) is 2.79. The molecule has 2 heterocycles. The smallest absolute Gasteiger partial charge is 0.184 e. The lowest BCUT2D eigenvalue weighted by Gasteiger charge is -2.19. The number of nitrogen functional groups attached to an aromatic ring is 1. The molecule has 2 aromatic heterocycles. The largest absolute Gasteiger partial charge is 0.395 e. The Morgan fingerprint density at radius 2 is 2.00 bits per heavy atom. The minimum absolute atomic E-state index is 0.556. The maximum absolute atomic E-state index is 6.04. The van der Waals surface area contributed by atoms with Gasteiger partial charge >= 0.3 is 0 Å². The van der Waals surface area contributed by atoms with Gasteiger partial charge in [0.05, 0.1) is 5.69 Å².